The highest BCUT2D eigenvalue weighted by atomic mass is 32.2. The van der Waals surface area contributed by atoms with Crippen molar-refractivity contribution >= 4 is 67.8 Å². The molecule has 0 saturated carbocycles. The number of rotatable bonds is 4. The number of benzene rings is 3. The minimum atomic E-state index is -0.101. The molecule has 0 spiro atoms. The molecule has 1 amide bonds. The molecule has 1 aliphatic rings. The van der Waals surface area contributed by atoms with Gasteiger partial charge in [-0.15, -0.1) is 0 Å². The van der Waals surface area contributed by atoms with E-state index in [-0.39, 0.29) is 5.91 Å². The number of hydrogen-bond donors (Lipinski definition) is 0. The number of amides is 1. The molecule has 154 valence electrons. The summed E-state index contributed by atoms with van der Waals surface area (Å²) in [5.41, 5.74) is 4.16. The van der Waals surface area contributed by atoms with Gasteiger partial charge in [0.1, 0.15) is 5.75 Å². The average molecular weight is 445 g/mol. The van der Waals surface area contributed by atoms with Crippen molar-refractivity contribution in [2.75, 3.05) is 12.0 Å². The van der Waals surface area contributed by atoms with E-state index in [1.54, 1.807) is 12.0 Å². The monoisotopic (exact) mass is 444 g/mol. The zero-order valence-electron chi connectivity index (χ0n) is 17.2. The van der Waals surface area contributed by atoms with Crippen molar-refractivity contribution in [2.45, 2.75) is 13.5 Å². The predicted octanol–water partition coefficient (Wildman–Crippen LogP) is 6.23. The molecule has 1 aromatic heterocycles. The fourth-order valence-corrected chi connectivity index (χ4v) is 5.37. The Hall–Kier alpha value is -3.09. The second-order valence-corrected chi connectivity index (χ2v) is 8.93. The molecule has 0 radical (unpaired) electrons. The Morgan fingerprint density at radius 1 is 1.00 bits per heavy atom. The van der Waals surface area contributed by atoms with E-state index in [0.717, 1.165) is 23.5 Å². The number of aromatic nitrogens is 1. The predicted molar refractivity (Wildman–Crippen MR) is 134 cm³/mol. The number of thioether (sulfide) groups is 1. The molecular formula is C25H20N2O2S2. The van der Waals surface area contributed by atoms with Gasteiger partial charge in [-0.1, -0.05) is 48.2 Å². The highest BCUT2D eigenvalue weighted by molar-refractivity contribution is 8.27. The third-order valence-corrected chi connectivity index (χ3v) is 6.84. The van der Waals surface area contributed by atoms with Crippen LogP contribution in [0.25, 0.3) is 27.9 Å². The van der Waals surface area contributed by atoms with Gasteiger partial charge in [-0.25, -0.2) is 0 Å². The lowest BCUT2D eigenvalue weighted by Crippen LogP contribution is -2.27. The zero-order chi connectivity index (χ0) is 21.5. The van der Waals surface area contributed by atoms with Gasteiger partial charge in [0.05, 0.1) is 17.7 Å². The maximum atomic E-state index is 13.1. The SMILES string of the molecule is CCn1c2ccccc2c2cc(/C=C3/SC(=S)N(c4ccc(OC)cc4)C3=O)ccc21. The minimum absolute atomic E-state index is 0.101. The van der Waals surface area contributed by atoms with Gasteiger partial charge in [0, 0.05) is 28.4 Å². The highest BCUT2D eigenvalue weighted by Gasteiger charge is 2.33. The molecule has 1 fully saturated rings. The molecule has 0 N–H and O–H groups in total. The van der Waals surface area contributed by atoms with Crippen LogP contribution >= 0.6 is 24.0 Å². The molecule has 0 bridgehead atoms. The van der Waals surface area contributed by atoms with Gasteiger partial charge in [-0.05, 0) is 61.0 Å². The molecule has 4 nitrogen and oxygen atoms in total. The Kier molecular flexibility index (Phi) is 5.04. The Labute approximate surface area is 190 Å². The number of carbonyl (C=O) groups is 1. The normalized spacial score (nSPS) is 15.5. The van der Waals surface area contributed by atoms with Gasteiger partial charge in [0.2, 0.25) is 0 Å². The van der Waals surface area contributed by atoms with Crippen molar-refractivity contribution in [1.82, 2.24) is 4.57 Å². The van der Waals surface area contributed by atoms with E-state index in [1.807, 2.05) is 30.3 Å². The summed E-state index contributed by atoms with van der Waals surface area (Å²) in [4.78, 5) is 15.3. The molecule has 0 atom stereocenters. The van der Waals surface area contributed by atoms with Crippen LogP contribution in [0.2, 0.25) is 0 Å². The smallest absolute Gasteiger partial charge is 0.270 e. The maximum absolute atomic E-state index is 13.1. The van der Waals surface area contributed by atoms with Crippen LogP contribution in [-0.4, -0.2) is 21.9 Å². The quantitative estimate of drug-likeness (QED) is 0.276. The first-order chi connectivity index (χ1) is 15.1. The van der Waals surface area contributed by atoms with Crippen LogP contribution in [0.5, 0.6) is 5.75 Å². The number of anilines is 1. The second kappa shape index (κ2) is 7.87. The molecule has 6 heteroatoms. The summed E-state index contributed by atoms with van der Waals surface area (Å²) in [7, 11) is 1.62. The Morgan fingerprint density at radius 2 is 1.74 bits per heavy atom. The van der Waals surface area contributed by atoms with Crippen molar-refractivity contribution in [1.29, 1.82) is 0 Å². The Bertz CT molecular complexity index is 1370. The number of thiocarbonyl (C=S) groups is 1. The van der Waals surface area contributed by atoms with Crippen molar-refractivity contribution in [2.24, 2.45) is 0 Å². The Balaban J connectivity index is 1.53. The summed E-state index contributed by atoms with van der Waals surface area (Å²) in [6.07, 6.45) is 1.93. The molecule has 5 rings (SSSR count). The third-order valence-electron chi connectivity index (χ3n) is 5.53. The van der Waals surface area contributed by atoms with Crippen LogP contribution in [-0.2, 0) is 11.3 Å². The fourth-order valence-electron chi connectivity index (χ4n) is 4.07. The summed E-state index contributed by atoms with van der Waals surface area (Å²) in [5, 5.41) is 2.41. The van der Waals surface area contributed by atoms with Crippen molar-refractivity contribution in [3.05, 3.63) is 77.2 Å². The molecule has 31 heavy (non-hydrogen) atoms. The number of para-hydroxylation sites is 1. The van der Waals surface area contributed by atoms with Gasteiger partial charge >= 0.3 is 0 Å². The van der Waals surface area contributed by atoms with E-state index in [1.165, 1.54) is 33.6 Å². The highest BCUT2D eigenvalue weighted by Crippen LogP contribution is 2.37. The standard InChI is InChI=1S/C25H20N2O2S2/c1-3-26-21-7-5-4-6-19(21)20-14-16(8-13-22(20)26)15-23-24(28)27(25(30)31-23)17-9-11-18(29-2)12-10-17/h4-15H,3H2,1-2H3/b23-15+. The van der Waals surface area contributed by atoms with Crippen molar-refractivity contribution in [3.8, 4) is 5.75 Å². The summed E-state index contributed by atoms with van der Waals surface area (Å²) < 4.78 is 8.06. The van der Waals surface area contributed by atoms with Gasteiger partial charge < -0.3 is 9.30 Å². The van der Waals surface area contributed by atoms with E-state index in [2.05, 4.69) is 54.0 Å². The van der Waals surface area contributed by atoms with Crippen LogP contribution < -0.4 is 9.64 Å². The van der Waals surface area contributed by atoms with Crippen LogP contribution in [0.3, 0.4) is 0 Å². The number of hydrogen-bond acceptors (Lipinski definition) is 4. The molecule has 3 aromatic carbocycles. The first kappa shape index (κ1) is 19.8. The molecule has 2 heterocycles. The van der Waals surface area contributed by atoms with Gasteiger partial charge in [0.25, 0.3) is 5.91 Å². The first-order valence-electron chi connectivity index (χ1n) is 10.0. The molecule has 0 aliphatic carbocycles. The largest absolute Gasteiger partial charge is 0.497 e. The third kappa shape index (κ3) is 3.32. The lowest BCUT2D eigenvalue weighted by Gasteiger charge is -2.14. The van der Waals surface area contributed by atoms with Gasteiger partial charge in [0.15, 0.2) is 4.32 Å². The molecular weight excluding hydrogens is 424 g/mol. The zero-order valence-corrected chi connectivity index (χ0v) is 18.8. The number of aryl methyl sites for hydroxylation is 1. The van der Waals surface area contributed by atoms with E-state index >= 15 is 0 Å². The van der Waals surface area contributed by atoms with Gasteiger partial charge in [-0.2, -0.15) is 0 Å². The molecule has 1 aliphatic heterocycles. The van der Waals surface area contributed by atoms with Crippen LogP contribution in [0.1, 0.15) is 12.5 Å². The minimum Gasteiger partial charge on any atom is -0.497 e. The van der Waals surface area contributed by atoms with Crippen LogP contribution in [0, 0.1) is 0 Å². The fraction of sp³-hybridized carbons (Fsp3) is 0.120. The lowest BCUT2D eigenvalue weighted by atomic mass is 10.1. The van der Waals surface area contributed by atoms with Crippen LogP contribution in [0.15, 0.2) is 71.6 Å². The summed E-state index contributed by atoms with van der Waals surface area (Å²) in [6.45, 7) is 3.06. The van der Waals surface area contributed by atoms with E-state index in [9.17, 15) is 4.79 Å². The Morgan fingerprint density at radius 3 is 2.48 bits per heavy atom. The maximum Gasteiger partial charge on any atom is 0.270 e. The van der Waals surface area contributed by atoms with E-state index < -0.39 is 0 Å². The van der Waals surface area contributed by atoms with Crippen LogP contribution in [0.4, 0.5) is 5.69 Å². The number of nitrogens with zero attached hydrogens (tertiary/aromatic N) is 2. The van der Waals surface area contributed by atoms with Crippen molar-refractivity contribution < 1.29 is 9.53 Å². The first-order valence-corrected chi connectivity index (χ1v) is 11.3. The van der Waals surface area contributed by atoms with E-state index in [4.69, 9.17) is 17.0 Å². The number of fused-ring (bicyclic) bond motifs is 3. The van der Waals surface area contributed by atoms with Crippen molar-refractivity contribution in [3.63, 3.8) is 0 Å². The molecule has 1 saturated heterocycles. The number of carbonyl (C=O) groups excluding carboxylic acids is 1. The second-order valence-electron chi connectivity index (χ2n) is 7.25. The molecule has 0 unspecified atom stereocenters. The average Bonchev–Trinajstić information content (AvgIpc) is 3.26. The van der Waals surface area contributed by atoms with Gasteiger partial charge in [-0.3, -0.25) is 9.69 Å². The summed E-state index contributed by atoms with van der Waals surface area (Å²) in [5.74, 6) is 0.639. The topological polar surface area (TPSA) is 34.5 Å². The van der Waals surface area contributed by atoms with E-state index in [0.29, 0.717) is 9.23 Å². The number of methoxy groups -OCH3 is 1. The molecule has 4 aromatic rings. The number of ether oxygens (including phenoxy) is 1. The lowest BCUT2D eigenvalue weighted by molar-refractivity contribution is -0.113. The summed E-state index contributed by atoms with van der Waals surface area (Å²) >= 11 is 6.84. The summed E-state index contributed by atoms with van der Waals surface area (Å²) in [6, 6.07) is 22.1.